The second kappa shape index (κ2) is 7.80. The van der Waals surface area contributed by atoms with Crippen LogP contribution in [0.25, 0.3) is 10.9 Å². The van der Waals surface area contributed by atoms with Crippen LogP contribution in [0.2, 0.25) is 0 Å². The van der Waals surface area contributed by atoms with Crippen molar-refractivity contribution in [3.63, 3.8) is 0 Å². The molecule has 1 aliphatic heterocycles. The smallest absolute Gasteiger partial charge is 0.278 e. The van der Waals surface area contributed by atoms with Gasteiger partial charge in [-0.2, -0.15) is 4.68 Å². The molecule has 1 unspecified atom stereocenters. The van der Waals surface area contributed by atoms with E-state index in [1.165, 1.54) is 10.4 Å². The van der Waals surface area contributed by atoms with Crippen LogP contribution in [0, 0.1) is 0 Å². The molecule has 2 aromatic carbocycles. The van der Waals surface area contributed by atoms with E-state index in [1.807, 2.05) is 36.1 Å². The zero-order valence-corrected chi connectivity index (χ0v) is 15.9. The number of fused-ring (bicyclic) bond motifs is 1. The van der Waals surface area contributed by atoms with E-state index in [0.717, 1.165) is 13.1 Å². The van der Waals surface area contributed by atoms with Crippen molar-refractivity contribution in [3.05, 3.63) is 65.0 Å². The second-order valence-electron chi connectivity index (χ2n) is 6.93. The van der Waals surface area contributed by atoms with Crippen LogP contribution in [0.15, 0.2) is 59.4 Å². The van der Waals surface area contributed by atoms with E-state index in [-0.39, 0.29) is 11.5 Å². The molecule has 7 heteroatoms. The van der Waals surface area contributed by atoms with Crippen molar-refractivity contribution in [2.45, 2.75) is 19.4 Å². The minimum Gasteiger partial charge on any atom is -0.368 e. The molecule has 28 heavy (non-hydrogen) atoms. The molecule has 7 nitrogen and oxygen atoms in total. The Labute approximate surface area is 163 Å². The maximum atomic E-state index is 13.1. The summed E-state index contributed by atoms with van der Waals surface area (Å²) in [4.78, 5) is 30.1. The number of hydrogen-bond donors (Lipinski definition) is 0. The zero-order valence-electron chi connectivity index (χ0n) is 15.9. The third-order valence-corrected chi connectivity index (χ3v) is 5.27. The monoisotopic (exact) mass is 377 g/mol. The van der Waals surface area contributed by atoms with E-state index in [1.54, 1.807) is 18.2 Å². The number of aromatic nitrogens is 3. The number of piperazine rings is 1. The Morgan fingerprint density at radius 2 is 1.68 bits per heavy atom. The van der Waals surface area contributed by atoms with Gasteiger partial charge < -0.3 is 9.80 Å². The first-order chi connectivity index (χ1) is 13.7. The van der Waals surface area contributed by atoms with Gasteiger partial charge in [0.25, 0.3) is 5.56 Å². The van der Waals surface area contributed by atoms with Gasteiger partial charge in [-0.25, -0.2) is 0 Å². The first kappa shape index (κ1) is 18.2. The Hall–Kier alpha value is -3.22. The van der Waals surface area contributed by atoms with Gasteiger partial charge in [0, 0.05) is 31.9 Å². The maximum absolute atomic E-state index is 13.1. The quantitative estimate of drug-likeness (QED) is 0.696. The van der Waals surface area contributed by atoms with Crippen molar-refractivity contribution in [1.29, 1.82) is 0 Å². The zero-order chi connectivity index (χ0) is 19.5. The summed E-state index contributed by atoms with van der Waals surface area (Å²) in [5.74, 6) is -0.0677. The Kier molecular flexibility index (Phi) is 5.06. The van der Waals surface area contributed by atoms with Gasteiger partial charge in [0.2, 0.25) is 5.91 Å². The summed E-state index contributed by atoms with van der Waals surface area (Å²) in [6.07, 6.45) is 0.491. The lowest BCUT2D eigenvalue weighted by molar-refractivity contribution is -0.135. The summed E-state index contributed by atoms with van der Waals surface area (Å²) in [5.41, 5.74) is 1.44. The lowest BCUT2D eigenvalue weighted by Gasteiger charge is -2.37. The van der Waals surface area contributed by atoms with E-state index in [0.29, 0.717) is 30.4 Å². The van der Waals surface area contributed by atoms with Gasteiger partial charge in [-0.15, -0.1) is 5.10 Å². The standard InChI is InChI=1S/C21H23N5O2/c1-2-19(26-20(27)17-10-6-7-11-18(17)22-23-26)21(28)25-14-12-24(13-15-25)16-8-4-3-5-9-16/h3-11,19H,2,12-15H2,1H3. The Balaban J connectivity index is 1.52. The molecule has 0 N–H and O–H groups in total. The minimum absolute atomic E-state index is 0.0677. The lowest BCUT2D eigenvalue weighted by atomic mass is 10.1. The van der Waals surface area contributed by atoms with Gasteiger partial charge in [-0.3, -0.25) is 9.59 Å². The molecule has 0 spiro atoms. The molecule has 0 saturated carbocycles. The summed E-state index contributed by atoms with van der Waals surface area (Å²) in [5, 5.41) is 8.66. The Bertz CT molecular complexity index is 1030. The van der Waals surface area contributed by atoms with Crippen LogP contribution in [0.4, 0.5) is 5.69 Å². The van der Waals surface area contributed by atoms with Gasteiger partial charge in [0.15, 0.2) is 0 Å². The van der Waals surface area contributed by atoms with Crippen molar-refractivity contribution in [3.8, 4) is 0 Å². The van der Waals surface area contributed by atoms with Crippen molar-refractivity contribution in [1.82, 2.24) is 19.9 Å². The fourth-order valence-electron chi connectivity index (χ4n) is 3.69. The molecule has 1 aromatic heterocycles. The molecule has 1 saturated heterocycles. The normalized spacial score (nSPS) is 15.6. The predicted octanol–water partition coefficient (Wildman–Crippen LogP) is 2.09. The third kappa shape index (κ3) is 3.35. The van der Waals surface area contributed by atoms with Crippen molar-refractivity contribution in [2.24, 2.45) is 0 Å². The number of hydrogen-bond acceptors (Lipinski definition) is 5. The molecule has 2 heterocycles. The average molecular weight is 377 g/mol. The van der Waals surface area contributed by atoms with Crippen LogP contribution in [0.5, 0.6) is 0 Å². The number of para-hydroxylation sites is 1. The topological polar surface area (TPSA) is 71.3 Å². The van der Waals surface area contributed by atoms with Gasteiger partial charge in [0.1, 0.15) is 11.6 Å². The summed E-state index contributed by atoms with van der Waals surface area (Å²) in [6, 6.07) is 16.6. The SMILES string of the molecule is CCC(C(=O)N1CCN(c2ccccc2)CC1)n1nnc2ccccc2c1=O. The summed E-state index contributed by atoms with van der Waals surface area (Å²) >= 11 is 0. The van der Waals surface area contributed by atoms with Crippen LogP contribution >= 0.6 is 0 Å². The highest BCUT2D eigenvalue weighted by Gasteiger charge is 2.29. The first-order valence-corrected chi connectivity index (χ1v) is 9.62. The number of rotatable bonds is 4. The molecule has 1 amide bonds. The molecule has 144 valence electrons. The molecule has 1 atom stereocenters. The van der Waals surface area contributed by atoms with E-state index in [9.17, 15) is 9.59 Å². The molecular formula is C21H23N5O2. The van der Waals surface area contributed by atoms with Crippen molar-refractivity contribution in [2.75, 3.05) is 31.1 Å². The van der Waals surface area contributed by atoms with Crippen LogP contribution in [0.1, 0.15) is 19.4 Å². The van der Waals surface area contributed by atoms with Crippen molar-refractivity contribution < 1.29 is 4.79 Å². The van der Waals surface area contributed by atoms with E-state index in [2.05, 4.69) is 27.3 Å². The van der Waals surface area contributed by atoms with E-state index >= 15 is 0 Å². The number of nitrogens with zero attached hydrogens (tertiary/aromatic N) is 5. The Morgan fingerprint density at radius 1 is 1.00 bits per heavy atom. The number of carbonyl (C=O) groups is 1. The fourth-order valence-corrected chi connectivity index (χ4v) is 3.69. The second-order valence-corrected chi connectivity index (χ2v) is 6.93. The molecular weight excluding hydrogens is 354 g/mol. The Morgan fingerprint density at radius 3 is 2.39 bits per heavy atom. The minimum atomic E-state index is -0.632. The van der Waals surface area contributed by atoms with Gasteiger partial charge in [0.05, 0.1) is 5.39 Å². The van der Waals surface area contributed by atoms with Crippen LogP contribution in [0.3, 0.4) is 0 Å². The molecule has 0 aliphatic carbocycles. The van der Waals surface area contributed by atoms with Crippen LogP contribution in [-0.4, -0.2) is 52.0 Å². The number of amides is 1. The van der Waals surface area contributed by atoms with Gasteiger partial charge in [-0.1, -0.05) is 42.5 Å². The summed E-state index contributed by atoms with van der Waals surface area (Å²) in [6.45, 7) is 4.68. The summed E-state index contributed by atoms with van der Waals surface area (Å²) < 4.78 is 1.24. The molecule has 1 aliphatic rings. The molecule has 0 radical (unpaired) electrons. The first-order valence-electron chi connectivity index (χ1n) is 9.62. The van der Waals surface area contributed by atoms with Crippen LogP contribution < -0.4 is 10.5 Å². The maximum Gasteiger partial charge on any atom is 0.278 e. The van der Waals surface area contributed by atoms with Gasteiger partial charge >= 0.3 is 0 Å². The predicted molar refractivity (Wildman–Crippen MR) is 108 cm³/mol. The van der Waals surface area contributed by atoms with E-state index < -0.39 is 6.04 Å². The number of benzene rings is 2. The van der Waals surface area contributed by atoms with Crippen molar-refractivity contribution >= 4 is 22.5 Å². The summed E-state index contributed by atoms with van der Waals surface area (Å²) in [7, 11) is 0. The molecule has 1 fully saturated rings. The third-order valence-electron chi connectivity index (χ3n) is 5.27. The van der Waals surface area contributed by atoms with E-state index in [4.69, 9.17) is 0 Å². The lowest BCUT2D eigenvalue weighted by Crippen LogP contribution is -2.51. The fraction of sp³-hybridized carbons (Fsp3) is 0.333. The highest BCUT2D eigenvalue weighted by Crippen LogP contribution is 2.19. The van der Waals surface area contributed by atoms with Crippen LogP contribution in [-0.2, 0) is 4.79 Å². The molecule has 0 bridgehead atoms. The van der Waals surface area contributed by atoms with Gasteiger partial charge in [-0.05, 0) is 30.7 Å². The largest absolute Gasteiger partial charge is 0.368 e. The number of carbonyl (C=O) groups excluding carboxylic acids is 1. The number of anilines is 1. The average Bonchev–Trinajstić information content (AvgIpc) is 2.76. The molecule has 4 rings (SSSR count). The molecule has 3 aromatic rings. The highest BCUT2D eigenvalue weighted by molar-refractivity contribution is 5.81. The highest BCUT2D eigenvalue weighted by atomic mass is 16.2.